The van der Waals surface area contributed by atoms with Crippen LogP contribution in [0.15, 0.2) is 54.6 Å². The molecule has 0 aliphatic carbocycles. The Bertz CT molecular complexity index is 979. The molecule has 0 fully saturated rings. The Hall–Kier alpha value is -3.23. The highest BCUT2D eigenvalue weighted by Gasteiger charge is 2.30. The second-order valence-electron chi connectivity index (χ2n) is 9.47. The van der Waals surface area contributed by atoms with Crippen LogP contribution in [0.5, 0.6) is 5.75 Å². The largest absolute Gasteiger partial charge is 0.497 e. The molecular weight excluding hydrogens is 456 g/mol. The van der Waals surface area contributed by atoms with Gasteiger partial charge >= 0.3 is 0 Å². The van der Waals surface area contributed by atoms with E-state index in [0.717, 1.165) is 17.5 Å². The molecule has 0 aliphatic heterocycles. The van der Waals surface area contributed by atoms with Gasteiger partial charge in [-0.3, -0.25) is 19.7 Å². The Balaban J connectivity index is 2.17. The number of rotatable bonds is 13. The molecule has 8 nitrogen and oxygen atoms in total. The first-order valence-electron chi connectivity index (χ1n) is 12.5. The van der Waals surface area contributed by atoms with Crippen molar-refractivity contribution in [3.8, 4) is 5.75 Å². The zero-order valence-corrected chi connectivity index (χ0v) is 21.9. The lowest BCUT2D eigenvalue weighted by Gasteiger charge is -2.26. The van der Waals surface area contributed by atoms with Gasteiger partial charge in [-0.2, -0.15) is 0 Å². The van der Waals surface area contributed by atoms with Gasteiger partial charge in [-0.25, -0.2) is 0 Å². The molecule has 0 saturated carbocycles. The van der Waals surface area contributed by atoms with Crippen LogP contribution in [0, 0.1) is 11.8 Å². The van der Waals surface area contributed by atoms with E-state index in [1.807, 2.05) is 70.2 Å². The van der Waals surface area contributed by atoms with Gasteiger partial charge in [0.25, 0.3) is 0 Å². The zero-order chi connectivity index (χ0) is 26.7. The summed E-state index contributed by atoms with van der Waals surface area (Å²) in [6.45, 7) is 8.12. The van der Waals surface area contributed by atoms with Gasteiger partial charge < -0.3 is 21.1 Å². The Kier molecular flexibility index (Phi) is 11.6. The molecule has 2 aromatic rings. The number of hydrogen-bond acceptors (Lipinski definition) is 6. The summed E-state index contributed by atoms with van der Waals surface area (Å²) in [5.74, 6) is -0.866. The molecule has 0 unspecified atom stereocenters. The van der Waals surface area contributed by atoms with Crippen LogP contribution < -0.4 is 26.4 Å². The number of carbonyl (C=O) groups excluding carboxylic acids is 3. The van der Waals surface area contributed by atoms with Gasteiger partial charge in [0.2, 0.25) is 17.7 Å². The quantitative estimate of drug-likeness (QED) is 0.338. The fourth-order valence-electron chi connectivity index (χ4n) is 3.68. The molecule has 5 N–H and O–H groups in total. The minimum absolute atomic E-state index is 0.00879. The average Bonchev–Trinajstić information content (AvgIpc) is 2.88. The van der Waals surface area contributed by atoms with E-state index in [-0.39, 0.29) is 18.3 Å². The fourth-order valence-corrected chi connectivity index (χ4v) is 3.68. The van der Waals surface area contributed by atoms with Gasteiger partial charge in [0.05, 0.1) is 19.2 Å². The van der Waals surface area contributed by atoms with Crippen molar-refractivity contribution in [3.63, 3.8) is 0 Å². The molecule has 0 aromatic heterocycles. The number of nitrogens with two attached hydrogens (primary N) is 1. The number of benzene rings is 2. The van der Waals surface area contributed by atoms with Gasteiger partial charge in [-0.05, 0) is 35.1 Å². The summed E-state index contributed by atoms with van der Waals surface area (Å²) < 4.78 is 5.19. The van der Waals surface area contributed by atoms with Gasteiger partial charge in [-0.15, -0.1) is 0 Å². The highest BCUT2D eigenvalue weighted by Crippen LogP contribution is 2.14. The van der Waals surface area contributed by atoms with Crippen molar-refractivity contribution in [1.82, 2.24) is 16.0 Å². The predicted octanol–water partition coefficient (Wildman–Crippen LogP) is 2.55. The van der Waals surface area contributed by atoms with E-state index >= 15 is 0 Å². The number of imide groups is 1. The number of amides is 3. The van der Waals surface area contributed by atoms with Crippen molar-refractivity contribution in [3.05, 3.63) is 65.7 Å². The van der Waals surface area contributed by atoms with Crippen molar-refractivity contribution < 1.29 is 19.1 Å². The lowest BCUT2D eigenvalue weighted by molar-refractivity contribution is -0.136. The van der Waals surface area contributed by atoms with Crippen molar-refractivity contribution >= 4 is 17.7 Å². The third-order valence-electron chi connectivity index (χ3n) is 6.36. The Morgan fingerprint density at radius 1 is 0.889 bits per heavy atom. The molecule has 0 heterocycles. The molecule has 3 amide bonds. The lowest BCUT2D eigenvalue weighted by atomic mass is 9.97. The van der Waals surface area contributed by atoms with Crippen molar-refractivity contribution in [2.75, 3.05) is 7.11 Å². The number of hydrogen-bond donors (Lipinski definition) is 4. The molecule has 0 radical (unpaired) electrons. The number of methoxy groups -OCH3 is 1. The summed E-state index contributed by atoms with van der Waals surface area (Å²) in [6.07, 6.45) is 0.953. The molecular formula is C28H40N4O4. The maximum absolute atomic E-state index is 13.3. The second-order valence-corrected chi connectivity index (χ2v) is 9.47. The van der Waals surface area contributed by atoms with E-state index in [9.17, 15) is 14.4 Å². The first kappa shape index (κ1) is 29.0. The fraction of sp³-hybridized carbons (Fsp3) is 0.464. The second kappa shape index (κ2) is 14.4. The van der Waals surface area contributed by atoms with Crippen molar-refractivity contribution in [1.29, 1.82) is 0 Å². The molecule has 4 atom stereocenters. The summed E-state index contributed by atoms with van der Waals surface area (Å²) >= 11 is 0. The molecule has 36 heavy (non-hydrogen) atoms. The maximum Gasteiger partial charge on any atom is 0.249 e. The lowest BCUT2D eigenvalue weighted by Crippen LogP contribution is -2.57. The van der Waals surface area contributed by atoms with E-state index in [0.29, 0.717) is 12.3 Å². The van der Waals surface area contributed by atoms with Gasteiger partial charge in [-0.1, -0.05) is 76.6 Å². The van der Waals surface area contributed by atoms with Crippen LogP contribution in [0.4, 0.5) is 0 Å². The van der Waals surface area contributed by atoms with Crippen LogP contribution >= 0.6 is 0 Å². The molecule has 0 aliphatic rings. The third kappa shape index (κ3) is 8.77. The highest BCUT2D eigenvalue weighted by atomic mass is 16.5. The zero-order valence-electron chi connectivity index (χ0n) is 21.9. The standard InChI is InChI=1S/C28H40N4O4/c1-6-19(4)25(30-17-21-10-8-7-9-11-21)28(35)32-26(33)23(31-27(34)24(29)18(2)3)16-20-12-14-22(36-5)15-13-20/h7-15,18-19,23-25,30H,6,16-17,29H2,1-5H3,(H,31,34)(H,32,33,35)/t19-,23-,24-,25-/m0/s1. The minimum atomic E-state index is -0.966. The van der Waals surface area contributed by atoms with Crippen LogP contribution in [-0.4, -0.2) is 43.0 Å². The van der Waals surface area contributed by atoms with E-state index < -0.39 is 35.8 Å². The molecule has 0 saturated heterocycles. The van der Waals surface area contributed by atoms with Crippen LogP contribution in [0.2, 0.25) is 0 Å². The minimum Gasteiger partial charge on any atom is -0.497 e. The summed E-state index contributed by atoms with van der Waals surface area (Å²) in [6, 6.07) is 14.6. The molecule has 8 heteroatoms. The van der Waals surface area contributed by atoms with E-state index in [1.165, 1.54) is 0 Å². The smallest absolute Gasteiger partial charge is 0.249 e. The Labute approximate surface area is 214 Å². The Morgan fingerprint density at radius 2 is 1.53 bits per heavy atom. The highest BCUT2D eigenvalue weighted by molar-refractivity contribution is 6.01. The number of nitrogens with one attached hydrogen (secondary N) is 3. The van der Waals surface area contributed by atoms with Crippen LogP contribution in [0.1, 0.15) is 45.2 Å². The van der Waals surface area contributed by atoms with Crippen molar-refractivity contribution in [2.45, 2.75) is 65.2 Å². The van der Waals surface area contributed by atoms with Gasteiger partial charge in [0, 0.05) is 13.0 Å². The molecule has 2 rings (SSSR count). The number of ether oxygens (including phenoxy) is 1. The van der Waals surface area contributed by atoms with Crippen LogP contribution in [0.25, 0.3) is 0 Å². The summed E-state index contributed by atoms with van der Waals surface area (Å²) in [5, 5.41) is 8.55. The normalized spacial score (nSPS) is 14.4. The molecule has 2 aromatic carbocycles. The van der Waals surface area contributed by atoms with Gasteiger partial charge in [0.1, 0.15) is 11.8 Å². The first-order chi connectivity index (χ1) is 17.2. The molecule has 0 bridgehead atoms. The summed E-state index contributed by atoms with van der Waals surface area (Å²) in [7, 11) is 1.57. The van der Waals surface area contributed by atoms with Crippen LogP contribution in [-0.2, 0) is 27.3 Å². The third-order valence-corrected chi connectivity index (χ3v) is 6.36. The van der Waals surface area contributed by atoms with Crippen molar-refractivity contribution in [2.24, 2.45) is 17.6 Å². The van der Waals surface area contributed by atoms with E-state index in [4.69, 9.17) is 10.5 Å². The maximum atomic E-state index is 13.3. The topological polar surface area (TPSA) is 123 Å². The average molecular weight is 497 g/mol. The van der Waals surface area contributed by atoms with Crippen LogP contribution in [0.3, 0.4) is 0 Å². The monoisotopic (exact) mass is 496 g/mol. The molecule has 196 valence electrons. The summed E-state index contributed by atoms with van der Waals surface area (Å²) in [5.41, 5.74) is 7.85. The van der Waals surface area contributed by atoms with E-state index in [2.05, 4.69) is 16.0 Å². The summed E-state index contributed by atoms with van der Waals surface area (Å²) in [4.78, 5) is 39.1. The first-order valence-corrected chi connectivity index (χ1v) is 12.5. The Morgan fingerprint density at radius 3 is 2.08 bits per heavy atom. The van der Waals surface area contributed by atoms with E-state index in [1.54, 1.807) is 19.2 Å². The van der Waals surface area contributed by atoms with Gasteiger partial charge in [0.15, 0.2) is 0 Å². The number of carbonyl (C=O) groups is 3. The SMILES string of the molecule is CC[C@H](C)[C@H](NCc1ccccc1)C(=O)NC(=O)[C@H](Cc1ccc(OC)cc1)NC(=O)[C@@H](N)C(C)C. The predicted molar refractivity (Wildman–Crippen MR) is 141 cm³/mol. The molecule has 0 spiro atoms.